The van der Waals surface area contributed by atoms with Gasteiger partial charge in [0.1, 0.15) is 5.75 Å². The van der Waals surface area contributed by atoms with Gasteiger partial charge in [-0.25, -0.2) is 0 Å². The van der Waals surface area contributed by atoms with Crippen LogP contribution in [-0.4, -0.2) is 21.5 Å². The lowest BCUT2D eigenvalue weighted by molar-refractivity contribution is 0.0216. The highest BCUT2D eigenvalue weighted by Crippen LogP contribution is 2.29. The molecule has 4 N–H and O–H groups in total. The molecule has 0 unspecified atom stereocenters. The number of rotatable bonds is 7. The smallest absolute Gasteiger partial charge is 0.189 e. The number of nitrogens with two attached hydrogens (primary N) is 2. The van der Waals surface area contributed by atoms with Gasteiger partial charge in [0.25, 0.3) is 0 Å². The Balaban J connectivity index is 2.48. The standard InChI is InChI=1S/C14H26N2O2Si/c1-5-11-13(7-6-12(15)14(11)16)18-10-17-8-9-19(2,3)4/h6-7H,5,8-10,15-16H2,1-4H3. The summed E-state index contributed by atoms with van der Waals surface area (Å²) >= 11 is 0. The summed E-state index contributed by atoms with van der Waals surface area (Å²) in [5.74, 6) is 0.766. The van der Waals surface area contributed by atoms with Gasteiger partial charge in [0.15, 0.2) is 6.79 Å². The van der Waals surface area contributed by atoms with E-state index in [2.05, 4.69) is 19.6 Å². The molecule has 1 aromatic rings. The van der Waals surface area contributed by atoms with Crippen LogP contribution < -0.4 is 16.2 Å². The van der Waals surface area contributed by atoms with Crippen molar-refractivity contribution in [3.8, 4) is 5.75 Å². The molecule has 0 aromatic heterocycles. The van der Waals surface area contributed by atoms with E-state index in [1.54, 1.807) is 6.07 Å². The van der Waals surface area contributed by atoms with Gasteiger partial charge in [0, 0.05) is 20.2 Å². The molecule has 0 saturated heterocycles. The number of hydrogen-bond acceptors (Lipinski definition) is 4. The Hall–Kier alpha value is -1.20. The maximum atomic E-state index is 5.94. The predicted octanol–water partition coefficient (Wildman–Crippen LogP) is 3.10. The highest BCUT2D eigenvalue weighted by Gasteiger charge is 2.12. The fourth-order valence-corrected chi connectivity index (χ4v) is 2.46. The van der Waals surface area contributed by atoms with Crippen molar-refractivity contribution in [2.45, 2.75) is 39.0 Å². The van der Waals surface area contributed by atoms with Crippen LogP contribution in [-0.2, 0) is 11.2 Å². The predicted molar refractivity (Wildman–Crippen MR) is 84.2 cm³/mol. The number of hydrogen-bond donors (Lipinski definition) is 2. The van der Waals surface area contributed by atoms with E-state index in [-0.39, 0.29) is 6.79 Å². The molecule has 0 spiro atoms. The van der Waals surface area contributed by atoms with Gasteiger partial charge in [-0.3, -0.25) is 0 Å². The molecule has 0 heterocycles. The number of benzene rings is 1. The molecule has 0 aliphatic heterocycles. The summed E-state index contributed by atoms with van der Waals surface area (Å²) in [7, 11) is -1.04. The maximum Gasteiger partial charge on any atom is 0.189 e. The molecule has 0 saturated carbocycles. The first-order valence-electron chi connectivity index (χ1n) is 6.72. The molecule has 0 bridgehead atoms. The van der Waals surface area contributed by atoms with Gasteiger partial charge in [-0.2, -0.15) is 0 Å². The Labute approximate surface area is 117 Å². The number of anilines is 2. The number of ether oxygens (including phenoxy) is 2. The lowest BCUT2D eigenvalue weighted by Gasteiger charge is -2.17. The zero-order valence-electron chi connectivity index (χ0n) is 12.5. The monoisotopic (exact) mass is 282 g/mol. The second-order valence-corrected chi connectivity index (χ2v) is 11.5. The van der Waals surface area contributed by atoms with Crippen LogP contribution in [0.4, 0.5) is 11.4 Å². The Morgan fingerprint density at radius 2 is 1.84 bits per heavy atom. The summed E-state index contributed by atoms with van der Waals surface area (Å²) in [6.07, 6.45) is 0.793. The van der Waals surface area contributed by atoms with Crippen molar-refractivity contribution >= 4 is 19.4 Å². The fraction of sp³-hybridized carbons (Fsp3) is 0.571. The molecule has 1 aromatic carbocycles. The van der Waals surface area contributed by atoms with Crippen molar-refractivity contribution < 1.29 is 9.47 Å². The topological polar surface area (TPSA) is 70.5 Å². The molecule has 108 valence electrons. The summed E-state index contributed by atoms with van der Waals surface area (Å²) in [5.41, 5.74) is 13.9. The third kappa shape index (κ3) is 5.12. The van der Waals surface area contributed by atoms with Crippen LogP contribution in [0.25, 0.3) is 0 Å². The number of nitrogen functional groups attached to an aromatic ring is 2. The largest absolute Gasteiger partial charge is 0.467 e. The maximum absolute atomic E-state index is 5.94. The minimum atomic E-state index is -1.04. The molecule has 19 heavy (non-hydrogen) atoms. The fourth-order valence-electron chi connectivity index (χ4n) is 1.71. The van der Waals surface area contributed by atoms with E-state index in [1.807, 2.05) is 13.0 Å². The highest BCUT2D eigenvalue weighted by atomic mass is 28.3. The molecule has 0 aliphatic rings. The molecule has 4 nitrogen and oxygen atoms in total. The average Bonchev–Trinajstić information content (AvgIpc) is 2.32. The quantitative estimate of drug-likeness (QED) is 0.349. The molecule has 0 fully saturated rings. The van der Waals surface area contributed by atoms with Gasteiger partial charge in [0.05, 0.1) is 11.4 Å². The van der Waals surface area contributed by atoms with Gasteiger partial charge in [-0.1, -0.05) is 26.6 Å². The third-order valence-corrected chi connectivity index (χ3v) is 4.70. The van der Waals surface area contributed by atoms with Crippen molar-refractivity contribution in [1.82, 2.24) is 0 Å². The van der Waals surface area contributed by atoms with Crippen LogP contribution >= 0.6 is 0 Å². The first-order chi connectivity index (χ1) is 8.85. The summed E-state index contributed by atoms with van der Waals surface area (Å²) in [6, 6.07) is 4.76. The molecular formula is C14H26N2O2Si. The first-order valence-corrected chi connectivity index (χ1v) is 10.4. The summed E-state index contributed by atoms with van der Waals surface area (Å²) in [6.45, 7) is 10.0. The Kier molecular flexibility index (Phi) is 5.69. The second-order valence-electron chi connectivity index (χ2n) is 5.88. The Morgan fingerprint density at radius 3 is 2.42 bits per heavy atom. The zero-order valence-corrected chi connectivity index (χ0v) is 13.5. The second kappa shape index (κ2) is 6.82. The van der Waals surface area contributed by atoms with E-state index >= 15 is 0 Å². The van der Waals surface area contributed by atoms with E-state index in [0.717, 1.165) is 30.4 Å². The van der Waals surface area contributed by atoms with E-state index < -0.39 is 8.07 Å². The Bertz CT molecular complexity index is 417. The molecule has 0 amide bonds. The van der Waals surface area contributed by atoms with Gasteiger partial charge in [-0.15, -0.1) is 0 Å². The normalized spacial score (nSPS) is 11.6. The molecule has 0 atom stereocenters. The third-order valence-electron chi connectivity index (χ3n) is 3.00. The van der Waals surface area contributed by atoms with Crippen LogP contribution in [0.5, 0.6) is 5.75 Å². The van der Waals surface area contributed by atoms with E-state index in [4.69, 9.17) is 20.9 Å². The van der Waals surface area contributed by atoms with Crippen LogP contribution in [0.2, 0.25) is 25.7 Å². The van der Waals surface area contributed by atoms with Crippen LogP contribution in [0, 0.1) is 0 Å². The van der Waals surface area contributed by atoms with Gasteiger partial charge < -0.3 is 20.9 Å². The van der Waals surface area contributed by atoms with E-state index in [1.165, 1.54) is 0 Å². The lowest BCUT2D eigenvalue weighted by atomic mass is 10.1. The van der Waals surface area contributed by atoms with Crippen molar-refractivity contribution in [2.24, 2.45) is 0 Å². The minimum Gasteiger partial charge on any atom is -0.467 e. The van der Waals surface area contributed by atoms with Crippen molar-refractivity contribution in [2.75, 3.05) is 24.9 Å². The summed E-state index contributed by atoms with van der Waals surface area (Å²) < 4.78 is 11.2. The minimum absolute atomic E-state index is 0.265. The van der Waals surface area contributed by atoms with Crippen LogP contribution in [0.3, 0.4) is 0 Å². The van der Waals surface area contributed by atoms with Gasteiger partial charge >= 0.3 is 0 Å². The Morgan fingerprint density at radius 1 is 1.16 bits per heavy atom. The molecular weight excluding hydrogens is 256 g/mol. The SMILES string of the molecule is CCc1c(OCOCC[Si](C)(C)C)ccc(N)c1N. The van der Waals surface area contributed by atoms with Crippen molar-refractivity contribution in [3.05, 3.63) is 17.7 Å². The average molecular weight is 282 g/mol. The molecule has 5 heteroatoms. The van der Waals surface area contributed by atoms with Crippen molar-refractivity contribution in [3.63, 3.8) is 0 Å². The van der Waals surface area contributed by atoms with Gasteiger partial charge in [0.2, 0.25) is 0 Å². The molecule has 1 rings (SSSR count). The van der Waals surface area contributed by atoms with Crippen molar-refractivity contribution in [1.29, 1.82) is 0 Å². The van der Waals surface area contributed by atoms with Crippen LogP contribution in [0.1, 0.15) is 12.5 Å². The van der Waals surface area contributed by atoms with Gasteiger partial charge in [-0.05, 0) is 24.6 Å². The summed E-state index contributed by atoms with van der Waals surface area (Å²) in [5, 5.41) is 0. The molecule has 0 radical (unpaired) electrons. The summed E-state index contributed by atoms with van der Waals surface area (Å²) in [4.78, 5) is 0. The lowest BCUT2D eigenvalue weighted by Crippen LogP contribution is -2.22. The zero-order chi connectivity index (χ0) is 14.5. The molecule has 0 aliphatic carbocycles. The highest BCUT2D eigenvalue weighted by molar-refractivity contribution is 6.76. The van der Waals surface area contributed by atoms with E-state index in [0.29, 0.717) is 11.4 Å². The first kappa shape index (κ1) is 15.9. The van der Waals surface area contributed by atoms with E-state index in [9.17, 15) is 0 Å². The van der Waals surface area contributed by atoms with Crippen LogP contribution in [0.15, 0.2) is 12.1 Å².